The highest BCUT2D eigenvalue weighted by Gasteiger charge is 2.40. The van der Waals surface area contributed by atoms with Gasteiger partial charge in [0, 0.05) is 33.4 Å². The van der Waals surface area contributed by atoms with Crippen molar-refractivity contribution < 1.29 is 19.1 Å². The Morgan fingerprint density at radius 2 is 1.67 bits per heavy atom. The molecule has 6 nitrogen and oxygen atoms in total. The van der Waals surface area contributed by atoms with Crippen LogP contribution in [0.15, 0.2) is 60.3 Å². The second-order valence-electron chi connectivity index (χ2n) is 8.56. The van der Waals surface area contributed by atoms with Crippen LogP contribution in [0.4, 0.5) is 0 Å². The largest absolute Gasteiger partial charge is 0.493 e. The fourth-order valence-corrected chi connectivity index (χ4v) is 3.82. The molecule has 1 heterocycles. The topological polar surface area (TPSA) is 59.1 Å². The molecule has 0 fully saturated rings. The monoisotopic (exact) mass is 450 g/mol. The lowest BCUT2D eigenvalue weighted by molar-refractivity contribution is -0.137. The van der Waals surface area contributed by atoms with E-state index < -0.39 is 0 Å². The van der Waals surface area contributed by atoms with Crippen LogP contribution in [0.25, 0.3) is 5.57 Å². The van der Waals surface area contributed by atoms with Crippen molar-refractivity contribution in [2.24, 2.45) is 5.92 Å². The molecule has 2 aromatic rings. The van der Waals surface area contributed by atoms with Crippen LogP contribution in [-0.2, 0) is 20.9 Å². The zero-order valence-corrected chi connectivity index (χ0v) is 20.0. The zero-order chi connectivity index (χ0) is 23.8. The van der Waals surface area contributed by atoms with Gasteiger partial charge in [-0.2, -0.15) is 0 Å². The Morgan fingerprint density at radius 1 is 0.970 bits per heavy atom. The van der Waals surface area contributed by atoms with Crippen molar-refractivity contribution >= 4 is 17.4 Å². The van der Waals surface area contributed by atoms with Crippen LogP contribution < -0.4 is 4.74 Å². The maximum absolute atomic E-state index is 13.5. The molecule has 0 aliphatic carbocycles. The van der Waals surface area contributed by atoms with Gasteiger partial charge in [0.15, 0.2) is 0 Å². The fourth-order valence-electron chi connectivity index (χ4n) is 3.82. The summed E-state index contributed by atoms with van der Waals surface area (Å²) in [5.41, 5.74) is 2.72. The first-order valence-electron chi connectivity index (χ1n) is 11.6. The van der Waals surface area contributed by atoms with Crippen LogP contribution in [0.1, 0.15) is 38.3 Å². The van der Waals surface area contributed by atoms with Gasteiger partial charge in [-0.05, 0) is 42.5 Å². The first kappa shape index (κ1) is 24.5. The molecule has 3 rings (SSSR count). The number of benzene rings is 2. The third kappa shape index (κ3) is 6.02. The number of amides is 2. The summed E-state index contributed by atoms with van der Waals surface area (Å²) in [4.78, 5) is 30.2. The number of carbonyl (C=O) groups is 2. The quantitative estimate of drug-likeness (QED) is 0.355. The van der Waals surface area contributed by atoms with E-state index in [4.69, 9.17) is 9.47 Å². The van der Waals surface area contributed by atoms with E-state index >= 15 is 0 Å². The lowest BCUT2D eigenvalue weighted by atomic mass is 10.0. The summed E-state index contributed by atoms with van der Waals surface area (Å²) in [6.45, 7) is 8.80. The molecule has 0 atom stereocenters. The Balaban J connectivity index is 1.96. The molecule has 0 saturated carbocycles. The van der Waals surface area contributed by atoms with Gasteiger partial charge < -0.3 is 14.4 Å². The van der Waals surface area contributed by atoms with E-state index in [0.29, 0.717) is 56.5 Å². The van der Waals surface area contributed by atoms with Gasteiger partial charge in [-0.15, -0.1) is 0 Å². The first-order chi connectivity index (χ1) is 16.0. The van der Waals surface area contributed by atoms with E-state index in [1.807, 2.05) is 66.4 Å². The predicted octanol–water partition coefficient (Wildman–Crippen LogP) is 4.36. The third-order valence-corrected chi connectivity index (χ3v) is 5.51. The molecule has 0 spiro atoms. The number of rotatable bonds is 12. The third-order valence-electron chi connectivity index (χ3n) is 5.51. The molecule has 2 amide bonds. The van der Waals surface area contributed by atoms with Crippen molar-refractivity contribution in [2.45, 2.75) is 33.7 Å². The van der Waals surface area contributed by atoms with E-state index in [9.17, 15) is 9.59 Å². The minimum Gasteiger partial charge on any atom is -0.493 e. The SMILES string of the molecule is CCN(Cc1ccccc1)C1=C(c2ccc(OCC(C)C)cc2)C(=O)N(CCCOC)C1=O. The van der Waals surface area contributed by atoms with E-state index in [1.54, 1.807) is 7.11 Å². The number of imide groups is 1. The highest BCUT2D eigenvalue weighted by Crippen LogP contribution is 2.33. The Bertz CT molecular complexity index is 967. The standard InChI is InChI=1S/C27H34N2O4/c1-5-28(18-21-10-7-6-8-11-21)25-24(26(30)29(27(25)31)16-9-17-32-4)22-12-14-23(15-13-22)33-19-20(2)3/h6-8,10-15,20H,5,9,16-19H2,1-4H3. The Morgan fingerprint density at radius 3 is 2.27 bits per heavy atom. The molecule has 1 aliphatic rings. The zero-order valence-electron chi connectivity index (χ0n) is 20.0. The molecule has 1 aliphatic heterocycles. The lowest BCUT2D eigenvalue weighted by Crippen LogP contribution is -2.36. The number of methoxy groups -OCH3 is 1. The van der Waals surface area contributed by atoms with Crippen LogP contribution in [0, 0.1) is 5.92 Å². The summed E-state index contributed by atoms with van der Waals surface area (Å²) in [5, 5.41) is 0. The van der Waals surface area contributed by atoms with E-state index in [0.717, 1.165) is 16.9 Å². The van der Waals surface area contributed by atoms with Crippen LogP contribution in [-0.4, -0.2) is 55.0 Å². The number of hydrogen-bond acceptors (Lipinski definition) is 5. The maximum Gasteiger partial charge on any atom is 0.277 e. The minimum absolute atomic E-state index is 0.246. The molecule has 0 unspecified atom stereocenters. The van der Waals surface area contributed by atoms with Gasteiger partial charge in [0.1, 0.15) is 11.4 Å². The second-order valence-corrected chi connectivity index (χ2v) is 8.56. The molecule has 0 N–H and O–H groups in total. The van der Waals surface area contributed by atoms with Crippen molar-refractivity contribution in [3.05, 3.63) is 71.4 Å². The molecular weight excluding hydrogens is 416 g/mol. The van der Waals surface area contributed by atoms with Crippen molar-refractivity contribution in [3.8, 4) is 5.75 Å². The molecular formula is C27H34N2O4. The van der Waals surface area contributed by atoms with Crippen LogP contribution in [0.3, 0.4) is 0 Å². The molecule has 33 heavy (non-hydrogen) atoms. The van der Waals surface area contributed by atoms with Gasteiger partial charge in [0.2, 0.25) is 0 Å². The van der Waals surface area contributed by atoms with E-state index in [1.165, 1.54) is 4.90 Å². The summed E-state index contributed by atoms with van der Waals surface area (Å²) in [6.07, 6.45) is 0.599. The van der Waals surface area contributed by atoms with Gasteiger partial charge >= 0.3 is 0 Å². The molecule has 6 heteroatoms. The number of ether oxygens (including phenoxy) is 2. The van der Waals surface area contributed by atoms with Crippen molar-refractivity contribution in [3.63, 3.8) is 0 Å². The smallest absolute Gasteiger partial charge is 0.277 e. The number of carbonyl (C=O) groups excluding carboxylic acids is 2. The Hall–Kier alpha value is -3.12. The summed E-state index contributed by atoms with van der Waals surface area (Å²) in [5.74, 6) is 0.669. The number of nitrogens with zero attached hydrogens (tertiary/aromatic N) is 2. The van der Waals surface area contributed by atoms with Gasteiger partial charge in [0.25, 0.3) is 11.8 Å². The van der Waals surface area contributed by atoms with Gasteiger partial charge in [-0.3, -0.25) is 14.5 Å². The highest BCUT2D eigenvalue weighted by atomic mass is 16.5. The average molecular weight is 451 g/mol. The van der Waals surface area contributed by atoms with Crippen molar-refractivity contribution in [1.82, 2.24) is 9.80 Å². The maximum atomic E-state index is 13.5. The second kappa shape index (κ2) is 11.7. The van der Waals surface area contributed by atoms with Gasteiger partial charge in [0.05, 0.1) is 12.2 Å². The van der Waals surface area contributed by atoms with Crippen LogP contribution in [0.2, 0.25) is 0 Å². The number of hydrogen-bond donors (Lipinski definition) is 0. The molecule has 0 radical (unpaired) electrons. The normalized spacial score (nSPS) is 13.9. The molecule has 0 bridgehead atoms. The molecule has 0 saturated heterocycles. The Kier molecular flexibility index (Phi) is 8.66. The van der Waals surface area contributed by atoms with Crippen LogP contribution >= 0.6 is 0 Å². The van der Waals surface area contributed by atoms with Crippen molar-refractivity contribution in [2.75, 3.05) is 33.4 Å². The summed E-state index contributed by atoms with van der Waals surface area (Å²) < 4.78 is 10.9. The summed E-state index contributed by atoms with van der Waals surface area (Å²) in [6, 6.07) is 17.4. The van der Waals surface area contributed by atoms with Gasteiger partial charge in [-0.25, -0.2) is 0 Å². The summed E-state index contributed by atoms with van der Waals surface area (Å²) >= 11 is 0. The molecule has 2 aromatic carbocycles. The number of likely N-dealkylation sites (N-methyl/N-ethyl adjacent to an activating group) is 1. The predicted molar refractivity (Wildman–Crippen MR) is 129 cm³/mol. The Labute approximate surface area is 196 Å². The van der Waals surface area contributed by atoms with Crippen molar-refractivity contribution in [1.29, 1.82) is 0 Å². The van der Waals surface area contributed by atoms with E-state index in [2.05, 4.69) is 13.8 Å². The molecule has 0 aromatic heterocycles. The highest BCUT2D eigenvalue weighted by molar-refractivity contribution is 6.35. The minimum atomic E-state index is -0.256. The van der Waals surface area contributed by atoms with E-state index in [-0.39, 0.29) is 11.8 Å². The lowest BCUT2D eigenvalue weighted by Gasteiger charge is -2.25. The average Bonchev–Trinajstić information content (AvgIpc) is 3.07. The fraction of sp³-hybridized carbons (Fsp3) is 0.407. The first-order valence-corrected chi connectivity index (χ1v) is 11.6. The molecule has 176 valence electrons. The van der Waals surface area contributed by atoms with Crippen LogP contribution in [0.5, 0.6) is 5.75 Å². The summed E-state index contributed by atoms with van der Waals surface area (Å²) in [7, 11) is 1.62. The van der Waals surface area contributed by atoms with Gasteiger partial charge in [-0.1, -0.05) is 56.3 Å².